The van der Waals surface area contributed by atoms with Gasteiger partial charge in [0, 0.05) is 0 Å². The zero-order chi connectivity index (χ0) is 10.6. The van der Waals surface area contributed by atoms with E-state index >= 15 is 0 Å². The zero-order valence-electron chi connectivity index (χ0n) is 7.64. The highest BCUT2D eigenvalue weighted by atomic mass is 16.5. The van der Waals surface area contributed by atoms with E-state index in [0.717, 1.165) is 0 Å². The molecule has 0 spiro atoms. The van der Waals surface area contributed by atoms with E-state index in [1.807, 2.05) is 0 Å². The van der Waals surface area contributed by atoms with Gasteiger partial charge >= 0.3 is 0 Å². The fourth-order valence-corrected chi connectivity index (χ4v) is 0.793. The van der Waals surface area contributed by atoms with Gasteiger partial charge in [0.1, 0.15) is 11.4 Å². The second-order valence-corrected chi connectivity index (χ2v) is 2.70. The van der Waals surface area contributed by atoms with Crippen molar-refractivity contribution < 1.29 is 14.3 Å². The number of carbonyl (C=O) groups excluding carboxylic acids is 2. The molecule has 0 saturated carbocycles. The molecule has 0 bridgehead atoms. The van der Waals surface area contributed by atoms with Crippen LogP contribution in [-0.2, 0) is 4.79 Å². The molecule has 1 aromatic rings. The highest BCUT2D eigenvalue weighted by molar-refractivity contribution is 5.78. The van der Waals surface area contributed by atoms with Gasteiger partial charge in [-0.2, -0.15) is 0 Å². The van der Waals surface area contributed by atoms with Crippen LogP contribution in [0.4, 0.5) is 0 Å². The number of amides is 1. The lowest BCUT2D eigenvalue weighted by molar-refractivity contribution is -0.123. The average Bonchev–Trinajstić information content (AvgIpc) is 2.19. The number of aldehydes is 1. The zero-order valence-corrected chi connectivity index (χ0v) is 7.64. The number of nitrogens with two attached hydrogens (primary N) is 1. The summed E-state index contributed by atoms with van der Waals surface area (Å²) < 4.78 is 5.12. The highest BCUT2D eigenvalue weighted by Crippen LogP contribution is 2.10. The molecule has 74 valence electrons. The molecule has 1 aromatic heterocycles. The summed E-state index contributed by atoms with van der Waals surface area (Å²) >= 11 is 0. The Labute approximate surface area is 80.9 Å². The van der Waals surface area contributed by atoms with Gasteiger partial charge in [-0.3, -0.25) is 9.59 Å². The third-order valence-corrected chi connectivity index (χ3v) is 1.59. The molecule has 1 amide bonds. The standard InChI is InChI=1S/C9H10N2O3/c1-6(9(10)13)14-8-3-2-7(5-12)11-4-8/h2-6H,1H3,(H2,10,13). The van der Waals surface area contributed by atoms with E-state index in [1.165, 1.54) is 19.2 Å². The molecule has 5 heteroatoms. The van der Waals surface area contributed by atoms with Crippen LogP contribution in [0.3, 0.4) is 0 Å². The molecule has 1 unspecified atom stereocenters. The fraction of sp³-hybridized carbons (Fsp3) is 0.222. The first kappa shape index (κ1) is 10.2. The molecule has 0 radical (unpaired) electrons. The number of hydrogen-bond donors (Lipinski definition) is 1. The van der Waals surface area contributed by atoms with Gasteiger partial charge < -0.3 is 10.5 Å². The Morgan fingerprint density at radius 3 is 2.79 bits per heavy atom. The summed E-state index contributed by atoms with van der Waals surface area (Å²) in [6.45, 7) is 1.54. The molecule has 1 rings (SSSR count). The predicted octanol–water partition coefficient (Wildman–Crippen LogP) is 0.147. The van der Waals surface area contributed by atoms with Crippen LogP contribution >= 0.6 is 0 Å². The second-order valence-electron chi connectivity index (χ2n) is 2.70. The lowest BCUT2D eigenvalue weighted by Gasteiger charge is -2.10. The largest absolute Gasteiger partial charge is 0.479 e. The minimum atomic E-state index is -0.709. The van der Waals surface area contributed by atoms with E-state index in [4.69, 9.17) is 10.5 Å². The van der Waals surface area contributed by atoms with Gasteiger partial charge in [-0.25, -0.2) is 4.98 Å². The van der Waals surface area contributed by atoms with E-state index in [0.29, 0.717) is 17.7 Å². The summed E-state index contributed by atoms with van der Waals surface area (Å²) in [4.78, 5) is 24.7. The van der Waals surface area contributed by atoms with Crippen LogP contribution in [0.2, 0.25) is 0 Å². The molecule has 2 N–H and O–H groups in total. The van der Waals surface area contributed by atoms with Crippen LogP contribution in [0.5, 0.6) is 5.75 Å². The molecule has 0 fully saturated rings. The maximum absolute atomic E-state index is 10.6. The van der Waals surface area contributed by atoms with Crippen LogP contribution in [0, 0.1) is 0 Å². The summed E-state index contributed by atoms with van der Waals surface area (Å²) in [7, 11) is 0. The molecule has 0 aromatic carbocycles. The molecule has 1 heterocycles. The summed E-state index contributed by atoms with van der Waals surface area (Å²) in [5, 5.41) is 0. The molecule has 0 aliphatic heterocycles. The van der Waals surface area contributed by atoms with Gasteiger partial charge in [0.25, 0.3) is 5.91 Å². The molecule has 0 saturated heterocycles. The van der Waals surface area contributed by atoms with Crippen molar-refractivity contribution in [1.29, 1.82) is 0 Å². The Morgan fingerprint density at radius 2 is 2.36 bits per heavy atom. The number of rotatable bonds is 4. The lowest BCUT2D eigenvalue weighted by Crippen LogP contribution is -2.30. The van der Waals surface area contributed by atoms with Gasteiger partial charge in [0.05, 0.1) is 6.20 Å². The lowest BCUT2D eigenvalue weighted by atomic mass is 10.3. The Bertz CT molecular complexity index is 334. The number of nitrogens with zero attached hydrogens (tertiary/aromatic N) is 1. The molecule has 14 heavy (non-hydrogen) atoms. The quantitative estimate of drug-likeness (QED) is 0.691. The van der Waals surface area contributed by atoms with Crippen molar-refractivity contribution >= 4 is 12.2 Å². The number of primary amides is 1. The van der Waals surface area contributed by atoms with Crippen molar-refractivity contribution in [2.75, 3.05) is 0 Å². The normalized spacial score (nSPS) is 11.8. The minimum Gasteiger partial charge on any atom is -0.479 e. The fourth-order valence-electron chi connectivity index (χ4n) is 0.793. The number of aromatic nitrogens is 1. The van der Waals surface area contributed by atoms with Gasteiger partial charge in [-0.05, 0) is 19.1 Å². The number of pyridine rings is 1. The average molecular weight is 194 g/mol. The molecule has 5 nitrogen and oxygen atoms in total. The number of ether oxygens (including phenoxy) is 1. The number of hydrogen-bond acceptors (Lipinski definition) is 4. The second kappa shape index (κ2) is 4.36. The molecule has 1 atom stereocenters. The molecular formula is C9H10N2O3. The van der Waals surface area contributed by atoms with Crippen molar-refractivity contribution in [2.24, 2.45) is 5.73 Å². The third-order valence-electron chi connectivity index (χ3n) is 1.59. The van der Waals surface area contributed by atoms with Crippen LogP contribution in [0.1, 0.15) is 17.4 Å². The van der Waals surface area contributed by atoms with Gasteiger partial charge in [-0.15, -0.1) is 0 Å². The number of carbonyl (C=O) groups is 2. The van der Waals surface area contributed by atoms with Crippen LogP contribution in [-0.4, -0.2) is 23.3 Å². The Kier molecular flexibility index (Phi) is 3.17. The maximum atomic E-state index is 10.6. The van der Waals surface area contributed by atoms with Crippen molar-refractivity contribution in [3.63, 3.8) is 0 Å². The Hall–Kier alpha value is -1.91. The van der Waals surface area contributed by atoms with E-state index in [9.17, 15) is 9.59 Å². The summed E-state index contributed by atoms with van der Waals surface area (Å²) in [6, 6.07) is 3.05. The van der Waals surface area contributed by atoms with Crippen LogP contribution in [0.25, 0.3) is 0 Å². The SMILES string of the molecule is CC(Oc1ccc(C=O)nc1)C(N)=O. The van der Waals surface area contributed by atoms with Crippen LogP contribution in [0.15, 0.2) is 18.3 Å². The van der Waals surface area contributed by atoms with E-state index in [1.54, 1.807) is 6.07 Å². The monoisotopic (exact) mass is 194 g/mol. The topological polar surface area (TPSA) is 82.3 Å². The maximum Gasteiger partial charge on any atom is 0.258 e. The minimum absolute atomic E-state index is 0.309. The van der Waals surface area contributed by atoms with E-state index < -0.39 is 12.0 Å². The smallest absolute Gasteiger partial charge is 0.258 e. The van der Waals surface area contributed by atoms with Gasteiger partial charge in [-0.1, -0.05) is 0 Å². The first-order chi connectivity index (χ1) is 6.63. The van der Waals surface area contributed by atoms with E-state index in [2.05, 4.69) is 4.98 Å². The summed E-state index contributed by atoms with van der Waals surface area (Å²) in [5.41, 5.74) is 5.31. The van der Waals surface area contributed by atoms with Crippen molar-refractivity contribution in [3.05, 3.63) is 24.0 Å². The first-order valence-electron chi connectivity index (χ1n) is 4.00. The highest BCUT2D eigenvalue weighted by Gasteiger charge is 2.09. The Morgan fingerprint density at radius 1 is 1.64 bits per heavy atom. The third kappa shape index (κ3) is 2.55. The van der Waals surface area contributed by atoms with Crippen molar-refractivity contribution in [2.45, 2.75) is 13.0 Å². The van der Waals surface area contributed by atoms with Gasteiger partial charge in [0.15, 0.2) is 12.4 Å². The first-order valence-corrected chi connectivity index (χ1v) is 4.00. The molecular weight excluding hydrogens is 184 g/mol. The molecule has 0 aliphatic rings. The molecule has 0 aliphatic carbocycles. The summed E-state index contributed by atoms with van der Waals surface area (Å²) in [6.07, 6.45) is 1.28. The Balaban J connectivity index is 2.68. The summed E-state index contributed by atoms with van der Waals surface area (Å²) in [5.74, 6) is -0.147. The van der Waals surface area contributed by atoms with Crippen molar-refractivity contribution in [3.8, 4) is 5.75 Å². The van der Waals surface area contributed by atoms with Crippen molar-refractivity contribution in [1.82, 2.24) is 4.98 Å². The van der Waals surface area contributed by atoms with Gasteiger partial charge in [0.2, 0.25) is 0 Å². The predicted molar refractivity (Wildman–Crippen MR) is 48.9 cm³/mol. The van der Waals surface area contributed by atoms with E-state index in [-0.39, 0.29) is 0 Å². The van der Waals surface area contributed by atoms with Crippen LogP contribution < -0.4 is 10.5 Å².